The third kappa shape index (κ3) is 5.13. The van der Waals surface area contributed by atoms with Gasteiger partial charge in [0.15, 0.2) is 11.6 Å². The molecule has 0 spiro atoms. The molecule has 8 aromatic rings. The van der Waals surface area contributed by atoms with Gasteiger partial charge in [0.1, 0.15) is 0 Å². The molecule has 0 saturated carbocycles. The van der Waals surface area contributed by atoms with Crippen molar-refractivity contribution < 1.29 is 0 Å². The minimum Gasteiger partial charge on any atom is -0.278 e. The number of thiophene rings is 1. The number of aromatic nitrogens is 4. The van der Waals surface area contributed by atoms with E-state index in [4.69, 9.17) is 15.0 Å². The second-order valence-electron chi connectivity index (χ2n) is 15.8. The van der Waals surface area contributed by atoms with Crippen molar-refractivity contribution in [2.45, 2.75) is 50.9 Å². The highest BCUT2D eigenvalue weighted by molar-refractivity contribution is 7.26. The second kappa shape index (κ2) is 12.6. The fourth-order valence-corrected chi connectivity index (χ4v) is 10.9. The molecule has 3 aliphatic carbocycles. The number of allylic oxidation sites excluding steroid dienone is 4. The first kappa shape index (κ1) is 32.5. The Bertz CT molecular complexity index is 3030. The monoisotopic (exact) mass is 728 g/mol. The predicted octanol–water partition coefficient (Wildman–Crippen LogP) is 11.3. The van der Waals surface area contributed by atoms with Gasteiger partial charge in [0.2, 0.25) is 5.95 Å². The van der Waals surface area contributed by atoms with E-state index in [1.807, 2.05) is 17.4 Å². The Morgan fingerprint density at radius 3 is 2.36 bits per heavy atom. The third-order valence-electron chi connectivity index (χ3n) is 12.4. The van der Waals surface area contributed by atoms with Gasteiger partial charge in [-0.25, -0.2) is 4.98 Å². The minimum absolute atomic E-state index is 0.0106. The van der Waals surface area contributed by atoms with Crippen LogP contribution in [0.5, 0.6) is 0 Å². The molecule has 3 aromatic heterocycles. The van der Waals surface area contributed by atoms with Crippen LogP contribution in [0.3, 0.4) is 0 Å². The Labute approximate surface area is 324 Å². The van der Waals surface area contributed by atoms with E-state index in [0.717, 1.165) is 42.3 Å². The van der Waals surface area contributed by atoms with Crippen LogP contribution in [0, 0.1) is 5.92 Å². The summed E-state index contributed by atoms with van der Waals surface area (Å²) in [5.74, 6) is 2.75. The number of benzene rings is 5. The van der Waals surface area contributed by atoms with Gasteiger partial charge in [0, 0.05) is 47.8 Å². The molecule has 0 saturated heterocycles. The zero-order chi connectivity index (χ0) is 36.7. The molecule has 0 aliphatic heterocycles. The maximum absolute atomic E-state index is 5.27. The maximum atomic E-state index is 5.27. The number of fused-ring (bicyclic) bond motifs is 9. The molecule has 266 valence electrons. The molecule has 0 radical (unpaired) electrons. The lowest BCUT2D eigenvalue weighted by molar-refractivity contribution is 0.317. The van der Waals surface area contributed by atoms with E-state index in [-0.39, 0.29) is 11.3 Å². The van der Waals surface area contributed by atoms with Crippen LogP contribution >= 0.6 is 11.3 Å². The normalized spacial score (nSPS) is 19.8. The first-order valence-electron chi connectivity index (χ1n) is 19.6. The van der Waals surface area contributed by atoms with Crippen molar-refractivity contribution in [1.82, 2.24) is 19.5 Å². The van der Waals surface area contributed by atoms with Crippen molar-refractivity contribution in [3.63, 3.8) is 0 Å². The van der Waals surface area contributed by atoms with E-state index in [1.54, 1.807) is 0 Å². The smallest absolute Gasteiger partial charge is 0.238 e. The van der Waals surface area contributed by atoms with Crippen molar-refractivity contribution in [2.75, 3.05) is 0 Å². The Balaban J connectivity index is 1.13. The van der Waals surface area contributed by atoms with Gasteiger partial charge in [-0.1, -0.05) is 147 Å². The average Bonchev–Trinajstić information content (AvgIpc) is 3.82. The van der Waals surface area contributed by atoms with E-state index in [2.05, 4.69) is 158 Å². The predicted molar refractivity (Wildman–Crippen MR) is 230 cm³/mol. The molecular weight excluding hydrogens is 689 g/mol. The summed E-state index contributed by atoms with van der Waals surface area (Å²) < 4.78 is 5.03. The van der Waals surface area contributed by atoms with Crippen LogP contribution in [0.2, 0.25) is 0 Å². The van der Waals surface area contributed by atoms with Crippen molar-refractivity contribution in [3.05, 3.63) is 161 Å². The molecule has 11 rings (SSSR count). The van der Waals surface area contributed by atoms with Crippen LogP contribution in [0.1, 0.15) is 62.4 Å². The van der Waals surface area contributed by atoms with E-state index in [1.165, 1.54) is 58.4 Å². The Hall–Kier alpha value is -5.91. The summed E-state index contributed by atoms with van der Waals surface area (Å²) >= 11 is 1.91. The van der Waals surface area contributed by atoms with Crippen LogP contribution in [-0.2, 0) is 5.41 Å². The van der Waals surface area contributed by atoms with E-state index in [9.17, 15) is 0 Å². The van der Waals surface area contributed by atoms with Gasteiger partial charge in [-0.3, -0.25) is 4.57 Å². The fourth-order valence-electron chi connectivity index (χ4n) is 9.70. The van der Waals surface area contributed by atoms with Gasteiger partial charge in [-0.05, 0) is 71.4 Å². The SMILES string of the molecule is CC1(C)c2cc(-c3cccc4c3sc3ccccc34)ccc2C2/C=c3\c(c4ccccc4n3-c3nc(C4=CCCC=C4)nc(-c4ccccc4)n3)=C\CCC21. The van der Waals surface area contributed by atoms with Gasteiger partial charge in [0.05, 0.1) is 10.9 Å². The van der Waals surface area contributed by atoms with Crippen LogP contribution in [0.15, 0.2) is 133 Å². The number of hydrogen-bond acceptors (Lipinski definition) is 4. The van der Waals surface area contributed by atoms with E-state index < -0.39 is 0 Å². The maximum Gasteiger partial charge on any atom is 0.238 e. The lowest BCUT2D eigenvalue weighted by atomic mass is 9.73. The summed E-state index contributed by atoms with van der Waals surface area (Å²) in [5.41, 5.74) is 8.67. The summed E-state index contributed by atoms with van der Waals surface area (Å²) in [6, 6.07) is 42.0. The summed E-state index contributed by atoms with van der Waals surface area (Å²) in [6.07, 6.45) is 15.8. The summed E-state index contributed by atoms with van der Waals surface area (Å²) in [5, 5.41) is 6.36. The number of rotatable bonds is 4. The average molecular weight is 729 g/mol. The first-order valence-corrected chi connectivity index (χ1v) is 20.4. The molecule has 55 heavy (non-hydrogen) atoms. The molecule has 0 amide bonds. The standard InChI is InChI=1S/C50H40N4S/c1-50(2)41-24-14-22-37-36-19-9-11-25-43(36)54(49-52-47(31-15-5-3-6-16-31)51-48(53-49)32-17-7-4-8-18-32)44(37)30-40(41)35-28-27-33(29-42(35)50)34-21-13-23-39-38-20-10-12-26-45(38)55-46(34)39/h3,5-7,9-13,15-23,25-30,40-41H,4,8,14,24H2,1-2H3/b37-22+,44-30+. The summed E-state index contributed by atoms with van der Waals surface area (Å²) in [7, 11) is 0. The van der Waals surface area contributed by atoms with E-state index in [0.29, 0.717) is 23.5 Å². The van der Waals surface area contributed by atoms with Crippen molar-refractivity contribution in [2.24, 2.45) is 5.92 Å². The highest BCUT2D eigenvalue weighted by Crippen LogP contribution is 2.54. The highest BCUT2D eigenvalue weighted by Gasteiger charge is 2.45. The minimum atomic E-state index is -0.0106. The molecule has 3 aliphatic rings. The second-order valence-corrected chi connectivity index (χ2v) is 16.9. The molecule has 2 unspecified atom stereocenters. The topological polar surface area (TPSA) is 43.6 Å². The lowest BCUT2D eigenvalue weighted by Gasteiger charge is -2.31. The van der Waals surface area contributed by atoms with Crippen molar-refractivity contribution >= 4 is 60.1 Å². The molecule has 0 fully saturated rings. The zero-order valence-electron chi connectivity index (χ0n) is 31.0. The largest absolute Gasteiger partial charge is 0.278 e. The van der Waals surface area contributed by atoms with Gasteiger partial charge in [0.25, 0.3) is 0 Å². The summed E-state index contributed by atoms with van der Waals surface area (Å²) in [4.78, 5) is 15.6. The molecule has 3 heterocycles. The number of nitrogens with zero attached hydrogens (tertiary/aromatic N) is 4. The third-order valence-corrected chi connectivity index (χ3v) is 13.6. The molecular formula is C50H40N4S. The molecule has 0 N–H and O–H groups in total. The number of hydrogen-bond donors (Lipinski definition) is 0. The van der Waals surface area contributed by atoms with Crippen LogP contribution in [0.4, 0.5) is 0 Å². The van der Waals surface area contributed by atoms with Crippen LogP contribution in [0.25, 0.3) is 77.3 Å². The highest BCUT2D eigenvalue weighted by atomic mass is 32.1. The quantitative estimate of drug-likeness (QED) is 0.181. The zero-order valence-corrected chi connectivity index (χ0v) is 31.9. The number of para-hydroxylation sites is 1. The molecule has 5 aromatic carbocycles. The molecule has 5 heteroatoms. The lowest BCUT2D eigenvalue weighted by Crippen LogP contribution is -2.34. The van der Waals surface area contributed by atoms with Crippen LogP contribution in [-0.4, -0.2) is 19.5 Å². The van der Waals surface area contributed by atoms with E-state index >= 15 is 0 Å². The van der Waals surface area contributed by atoms with Crippen LogP contribution < -0.4 is 10.6 Å². The fraction of sp³-hybridized carbons (Fsp3) is 0.180. The van der Waals surface area contributed by atoms with Gasteiger partial charge in [-0.15, -0.1) is 11.3 Å². The van der Waals surface area contributed by atoms with Gasteiger partial charge in [-0.2, -0.15) is 9.97 Å². The molecule has 2 atom stereocenters. The van der Waals surface area contributed by atoms with Gasteiger partial charge < -0.3 is 0 Å². The van der Waals surface area contributed by atoms with Crippen molar-refractivity contribution in [3.8, 4) is 28.5 Å². The molecule has 0 bridgehead atoms. The first-order chi connectivity index (χ1) is 27.0. The Kier molecular flexibility index (Phi) is 7.43. The molecule has 4 nitrogen and oxygen atoms in total. The Morgan fingerprint density at radius 1 is 0.691 bits per heavy atom. The Morgan fingerprint density at radius 2 is 1.49 bits per heavy atom. The van der Waals surface area contributed by atoms with Gasteiger partial charge >= 0.3 is 0 Å². The summed E-state index contributed by atoms with van der Waals surface area (Å²) in [6.45, 7) is 4.95. The van der Waals surface area contributed by atoms with Crippen molar-refractivity contribution in [1.29, 1.82) is 0 Å².